The topological polar surface area (TPSA) is 106 Å². The Morgan fingerprint density at radius 1 is 1.06 bits per heavy atom. The number of benzene rings is 2. The van der Waals surface area contributed by atoms with Gasteiger partial charge in [-0.25, -0.2) is 9.78 Å². The van der Waals surface area contributed by atoms with Crippen LogP contribution in [-0.2, 0) is 17.9 Å². The van der Waals surface area contributed by atoms with E-state index in [1.165, 1.54) is 6.26 Å². The van der Waals surface area contributed by atoms with Crippen molar-refractivity contribution in [3.63, 3.8) is 0 Å². The summed E-state index contributed by atoms with van der Waals surface area (Å²) in [4.78, 5) is 42.1. The van der Waals surface area contributed by atoms with Crippen LogP contribution in [0.4, 0.5) is 4.79 Å². The Labute approximate surface area is 194 Å². The van der Waals surface area contributed by atoms with Gasteiger partial charge in [0.2, 0.25) is 5.91 Å². The molecule has 0 radical (unpaired) electrons. The van der Waals surface area contributed by atoms with Crippen LogP contribution < -0.4 is 16.2 Å². The molecule has 2 aromatic heterocycles. The number of hydrogen-bond donors (Lipinski definition) is 2. The van der Waals surface area contributed by atoms with Crippen molar-refractivity contribution in [2.45, 2.75) is 25.2 Å². The number of para-hydroxylation sites is 1. The van der Waals surface area contributed by atoms with Crippen LogP contribution in [-0.4, -0.2) is 27.2 Å². The third-order valence-corrected chi connectivity index (χ3v) is 5.85. The lowest BCUT2D eigenvalue weighted by atomic mass is 10.1. The quantitative estimate of drug-likeness (QED) is 0.322. The van der Waals surface area contributed by atoms with E-state index in [0.29, 0.717) is 28.4 Å². The van der Waals surface area contributed by atoms with Crippen molar-refractivity contribution < 1.29 is 14.0 Å². The Morgan fingerprint density at radius 3 is 2.61 bits per heavy atom. The van der Waals surface area contributed by atoms with Crippen LogP contribution in [0.1, 0.15) is 16.9 Å². The zero-order valence-corrected chi connectivity index (χ0v) is 18.7. The van der Waals surface area contributed by atoms with E-state index in [2.05, 4.69) is 15.6 Å². The molecule has 4 aromatic rings. The molecule has 3 amide bonds. The summed E-state index contributed by atoms with van der Waals surface area (Å²) in [5, 5.41) is 5.74. The van der Waals surface area contributed by atoms with Gasteiger partial charge in [-0.05, 0) is 36.8 Å². The first kappa shape index (κ1) is 22.3. The lowest BCUT2D eigenvalue weighted by molar-refractivity contribution is -0.117. The van der Waals surface area contributed by atoms with Gasteiger partial charge in [-0.1, -0.05) is 53.7 Å². The number of carbonyl (C=O) groups excluding carboxylic acids is 2. The van der Waals surface area contributed by atoms with Crippen LogP contribution >= 0.6 is 11.8 Å². The molecule has 2 aromatic carbocycles. The normalized spacial score (nSPS) is 10.8. The van der Waals surface area contributed by atoms with Gasteiger partial charge in [0.1, 0.15) is 5.76 Å². The first-order valence-electron chi connectivity index (χ1n) is 10.3. The monoisotopic (exact) mass is 462 g/mol. The van der Waals surface area contributed by atoms with Gasteiger partial charge in [0.05, 0.1) is 36.0 Å². The number of aromatic nitrogens is 2. The number of nitrogens with zero attached hydrogens (tertiary/aromatic N) is 2. The molecule has 33 heavy (non-hydrogen) atoms. The first-order valence-corrected chi connectivity index (χ1v) is 11.3. The van der Waals surface area contributed by atoms with E-state index >= 15 is 0 Å². The Morgan fingerprint density at radius 2 is 1.85 bits per heavy atom. The summed E-state index contributed by atoms with van der Waals surface area (Å²) in [6.45, 7) is 2.49. The number of amides is 3. The van der Waals surface area contributed by atoms with Gasteiger partial charge in [-0.2, -0.15) is 0 Å². The number of urea groups is 1. The summed E-state index contributed by atoms with van der Waals surface area (Å²) in [7, 11) is 0. The lowest BCUT2D eigenvalue weighted by Gasteiger charge is -2.13. The zero-order chi connectivity index (χ0) is 23.2. The van der Waals surface area contributed by atoms with E-state index in [1.807, 2.05) is 37.3 Å². The van der Waals surface area contributed by atoms with Gasteiger partial charge in [0.25, 0.3) is 5.56 Å². The van der Waals surface area contributed by atoms with Crippen molar-refractivity contribution in [3.8, 4) is 0 Å². The van der Waals surface area contributed by atoms with Gasteiger partial charge in [-0.3, -0.25) is 19.5 Å². The van der Waals surface area contributed by atoms with Crippen LogP contribution in [0.15, 0.2) is 81.3 Å². The maximum Gasteiger partial charge on any atom is 0.321 e. The largest absolute Gasteiger partial charge is 0.467 e. The number of hydrogen-bond acceptors (Lipinski definition) is 6. The predicted octanol–water partition coefficient (Wildman–Crippen LogP) is 3.46. The highest BCUT2D eigenvalue weighted by Gasteiger charge is 2.15. The van der Waals surface area contributed by atoms with Crippen molar-refractivity contribution in [1.82, 2.24) is 20.2 Å². The lowest BCUT2D eigenvalue weighted by Crippen LogP contribution is -2.40. The Bertz CT molecular complexity index is 1330. The fraction of sp³-hybridized carbons (Fsp3) is 0.167. The van der Waals surface area contributed by atoms with Crippen LogP contribution in [0, 0.1) is 6.92 Å². The van der Waals surface area contributed by atoms with Crippen molar-refractivity contribution in [2.75, 3.05) is 5.75 Å². The minimum Gasteiger partial charge on any atom is -0.467 e. The zero-order valence-electron chi connectivity index (χ0n) is 17.9. The molecule has 0 saturated carbocycles. The molecule has 0 atom stereocenters. The average Bonchev–Trinajstić information content (AvgIpc) is 3.33. The standard InChI is InChI=1S/C24H22N4O4S/c1-16-8-10-17(11-9-16)14-28-22(30)19-6-2-3-7-20(19)26-24(28)33-15-21(29)27-23(31)25-13-18-5-4-12-32-18/h2-12H,13-15H2,1H3,(H2,25,27,29,31). The molecule has 0 spiro atoms. The molecule has 0 saturated heterocycles. The molecular formula is C24H22N4O4S. The molecule has 168 valence electrons. The maximum atomic E-state index is 13.2. The van der Waals surface area contributed by atoms with Gasteiger partial charge in [0, 0.05) is 0 Å². The molecule has 0 aliphatic heterocycles. The van der Waals surface area contributed by atoms with E-state index in [9.17, 15) is 14.4 Å². The highest BCUT2D eigenvalue weighted by atomic mass is 32.2. The Kier molecular flexibility index (Phi) is 6.89. The van der Waals surface area contributed by atoms with Gasteiger partial charge in [0.15, 0.2) is 5.16 Å². The summed E-state index contributed by atoms with van der Waals surface area (Å²) < 4.78 is 6.69. The van der Waals surface area contributed by atoms with E-state index in [0.717, 1.165) is 22.9 Å². The van der Waals surface area contributed by atoms with Crippen LogP contribution in [0.25, 0.3) is 10.9 Å². The summed E-state index contributed by atoms with van der Waals surface area (Å²) in [5.74, 6) is 0.000961. The van der Waals surface area contributed by atoms with E-state index in [-0.39, 0.29) is 17.9 Å². The Hall–Kier alpha value is -3.85. The minimum atomic E-state index is -0.625. The molecule has 0 bridgehead atoms. The van der Waals surface area contributed by atoms with Gasteiger partial charge >= 0.3 is 6.03 Å². The molecule has 0 fully saturated rings. The molecular weight excluding hydrogens is 440 g/mol. The van der Waals surface area contributed by atoms with E-state index < -0.39 is 11.9 Å². The summed E-state index contributed by atoms with van der Waals surface area (Å²) in [6.07, 6.45) is 1.50. The second-order valence-electron chi connectivity index (χ2n) is 7.39. The SMILES string of the molecule is Cc1ccc(Cn2c(SCC(=O)NC(=O)NCc3ccco3)nc3ccccc3c2=O)cc1. The highest BCUT2D eigenvalue weighted by molar-refractivity contribution is 7.99. The van der Waals surface area contributed by atoms with Crippen LogP contribution in [0.2, 0.25) is 0 Å². The first-order chi connectivity index (χ1) is 16.0. The molecule has 4 rings (SSSR count). The minimum absolute atomic E-state index is 0.0765. The van der Waals surface area contributed by atoms with Crippen molar-refractivity contribution in [1.29, 1.82) is 0 Å². The van der Waals surface area contributed by atoms with Crippen molar-refractivity contribution in [3.05, 3.63) is 94.2 Å². The third-order valence-electron chi connectivity index (χ3n) is 4.88. The number of thioether (sulfide) groups is 1. The number of aryl methyl sites for hydroxylation is 1. The average molecular weight is 463 g/mol. The molecule has 0 aliphatic rings. The van der Waals surface area contributed by atoms with Crippen molar-refractivity contribution >= 4 is 34.6 Å². The third kappa shape index (κ3) is 5.69. The number of furan rings is 1. The smallest absolute Gasteiger partial charge is 0.321 e. The second-order valence-corrected chi connectivity index (χ2v) is 8.33. The number of carbonyl (C=O) groups is 2. The number of rotatable bonds is 7. The van der Waals surface area contributed by atoms with E-state index in [1.54, 1.807) is 34.9 Å². The highest BCUT2D eigenvalue weighted by Crippen LogP contribution is 2.19. The van der Waals surface area contributed by atoms with Gasteiger partial charge in [-0.15, -0.1) is 0 Å². The Balaban J connectivity index is 1.48. The second kappa shape index (κ2) is 10.2. The van der Waals surface area contributed by atoms with Crippen LogP contribution in [0.5, 0.6) is 0 Å². The molecule has 0 unspecified atom stereocenters. The molecule has 2 N–H and O–H groups in total. The predicted molar refractivity (Wildman–Crippen MR) is 126 cm³/mol. The molecule has 2 heterocycles. The summed E-state index contributed by atoms with van der Waals surface area (Å²) in [6, 6.07) is 17.8. The summed E-state index contributed by atoms with van der Waals surface area (Å²) in [5.41, 5.74) is 2.45. The fourth-order valence-electron chi connectivity index (χ4n) is 3.19. The molecule has 8 nitrogen and oxygen atoms in total. The number of nitrogens with one attached hydrogen (secondary N) is 2. The maximum absolute atomic E-state index is 13.2. The molecule has 0 aliphatic carbocycles. The van der Waals surface area contributed by atoms with Gasteiger partial charge < -0.3 is 9.73 Å². The van der Waals surface area contributed by atoms with Crippen molar-refractivity contribution in [2.24, 2.45) is 0 Å². The number of imide groups is 1. The fourth-order valence-corrected chi connectivity index (χ4v) is 3.99. The van der Waals surface area contributed by atoms with E-state index in [4.69, 9.17) is 4.42 Å². The summed E-state index contributed by atoms with van der Waals surface area (Å²) >= 11 is 1.11. The van der Waals surface area contributed by atoms with Crippen LogP contribution in [0.3, 0.4) is 0 Å². The number of fused-ring (bicyclic) bond motifs is 1. The molecule has 9 heteroatoms.